The summed E-state index contributed by atoms with van der Waals surface area (Å²) in [5, 5.41) is 0. The lowest BCUT2D eigenvalue weighted by atomic mass is 9.77. The summed E-state index contributed by atoms with van der Waals surface area (Å²) in [5.74, 6) is 0.418. The summed E-state index contributed by atoms with van der Waals surface area (Å²) in [6.07, 6.45) is 5.12. The maximum Gasteiger partial charge on any atom is 0.415 e. The highest BCUT2D eigenvalue weighted by Gasteiger charge is 2.44. The number of rotatable bonds is 5. The number of anilines is 1. The van der Waals surface area contributed by atoms with Gasteiger partial charge in [0.15, 0.2) is 0 Å². The summed E-state index contributed by atoms with van der Waals surface area (Å²) in [4.78, 5) is 20.0. The maximum atomic E-state index is 13.2. The molecule has 0 aliphatic carbocycles. The van der Waals surface area contributed by atoms with E-state index in [0.717, 1.165) is 38.9 Å². The third-order valence-corrected chi connectivity index (χ3v) is 8.72. The van der Waals surface area contributed by atoms with E-state index in [9.17, 15) is 13.2 Å². The number of pyridine rings is 1. The van der Waals surface area contributed by atoms with Crippen LogP contribution in [-0.2, 0) is 14.8 Å². The minimum atomic E-state index is -3.59. The van der Waals surface area contributed by atoms with E-state index in [1.54, 1.807) is 16.4 Å². The van der Waals surface area contributed by atoms with Crippen LogP contribution in [0.15, 0.2) is 23.2 Å². The number of nitrogens with zero attached hydrogens (tertiary/aromatic N) is 4. The Hall–Kier alpha value is -1.71. The zero-order valence-electron chi connectivity index (χ0n) is 18.8. The van der Waals surface area contributed by atoms with Crippen molar-refractivity contribution in [1.82, 2.24) is 14.2 Å². The molecule has 1 spiro atoms. The molecule has 0 N–H and O–H groups in total. The lowest BCUT2D eigenvalue weighted by molar-refractivity contribution is 0.105. The van der Waals surface area contributed by atoms with Crippen LogP contribution < -0.4 is 4.90 Å². The lowest BCUT2D eigenvalue weighted by Crippen LogP contribution is -2.43. The highest BCUT2D eigenvalue weighted by Crippen LogP contribution is 2.42. The number of sulfonamides is 1. The van der Waals surface area contributed by atoms with Gasteiger partial charge in [0.05, 0.1) is 6.54 Å². The first-order valence-corrected chi connectivity index (χ1v) is 12.7. The largest absolute Gasteiger partial charge is 0.447 e. The molecule has 172 valence electrons. The molecule has 31 heavy (non-hydrogen) atoms. The molecule has 3 fully saturated rings. The van der Waals surface area contributed by atoms with Crippen molar-refractivity contribution in [3.05, 3.63) is 18.3 Å². The molecule has 0 saturated carbocycles. The molecule has 0 radical (unpaired) electrons. The minimum Gasteiger partial charge on any atom is -0.447 e. The van der Waals surface area contributed by atoms with Crippen LogP contribution in [0, 0.1) is 10.8 Å². The average Bonchev–Trinajstić information content (AvgIpc) is 3.34. The summed E-state index contributed by atoms with van der Waals surface area (Å²) in [6.45, 7) is 11.9. The Morgan fingerprint density at radius 3 is 2.39 bits per heavy atom. The summed E-state index contributed by atoms with van der Waals surface area (Å²) in [5.41, 5.74) is 0.435. The van der Waals surface area contributed by atoms with E-state index >= 15 is 0 Å². The van der Waals surface area contributed by atoms with Crippen molar-refractivity contribution < 1.29 is 17.9 Å². The van der Waals surface area contributed by atoms with Gasteiger partial charge in [-0.1, -0.05) is 20.8 Å². The maximum absolute atomic E-state index is 13.2. The third-order valence-electron chi connectivity index (χ3n) is 6.89. The molecule has 0 bridgehead atoms. The van der Waals surface area contributed by atoms with Crippen molar-refractivity contribution in [1.29, 1.82) is 0 Å². The molecule has 9 heteroatoms. The Morgan fingerprint density at radius 1 is 1.10 bits per heavy atom. The topological polar surface area (TPSA) is 83.0 Å². The number of likely N-dealkylation sites (tertiary alicyclic amines) is 1. The molecule has 1 amide bonds. The molecule has 1 aromatic heterocycles. The Bertz CT molecular complexity index is 902. The van der Waals surface area contributed by atoms with Gasteiger partial charge in [0.2, 0.25) is 10.0 Å². The average molecular weight is 451 g/mol. The van der Waals surface area contributed by atoms with Crippen molar-refractivity contribution in [2.75, 3.05) is 50.8 Å². The standard InChI is InChI=1S/C22H34N4O4S/c1-21(2,3)6-10-24-11-7-22(8-12-24)9-13-25(17-22)31(28,29)18-4-5-19(23-16-18)26-14-15-30-20(26)27/h4-5,16H,6-15,17H2,1-3H3. The van der Waals surface area contributed by atoms with Gasteiger partial charge in [0.1, 0.15) is 17.3 Å². The van der Waals surface area contributed by atoms with Crippen molar-refractivity contribution in [3.8, 4) is 0 Å². The first-order valence-electron chi connectivity index (χ1n) is 11.2. The fourth-order valence-electron chi connectivity index (χ4n) is 4.69. The molecule has 0 atom stereocenters. The number of hydrogen-bond donors (Lipinski definition) is 0. The zero-order valence-corrected chi connectivity index (χ0v) is 19.7. The monoisotopic (exact) mass is 450 g/mol. The number of carbonyl (C=O) groups excluding carboxylic acids is 1. The molecule has 3 aliphatic rings. The van der Waals surface area contributed by atoms with Gasteiger partial charge in [-0.25, -0.2) is 18.2 Å². The summed E-state index contributed by atoms with van der Waals surface area (Å²) in [7, 11) is -3.59. The second kappa shape index (κ2) is 8.33. The Balaban J connectivity index is 1.37. The van der Waals surface area contributed by atoms with Crippen LogP contribution in [0.4, 0.5) is 10.6 Å². The van der Waals surface area contributed by atoms with Gasteiger partial charge in [-0.15, -0.1) is 0 Å². The first-order chi connectivity index (χ1) is 14.6. The van der Waals surface area contributed by atoms with E-state index in [2.05, 4.69) is 30.7 Å². The van der Waals surface area contributed by atoms with Gasteiger partial charge in [-0.2, -0.15) is 4.31 Å². The summed E-state index contributed by atoms with van der Waals surface area (Å²) < 4.78 is 33.0. The van der Waals surface area contributed by atoms with Crippen LogP contribution in [0.2, 0.25) is 0 Å². The van der Waals surface area contributed by atoms with E-state index in [0.29, 0.717) is 37.5 Å². The third kappa shape index (κ3) is 4.88. The van der Waals surface area contributed by atoms with Crippen molar-refractivity contribution in [2.45, 2.75) is 51.3 Å². The van der Waals surface area contributed by atoms with Gasteiger partial charge < -0.3 is 9.64 Å². The van der Waals surface area contributed by atoms with Crippen LogP contribution in [0.5, 0.6) is 0 Å². The molecule has 0 aromatic carbocycles. The molecular formula is C22H34N4O4S. The fraction of sp³-hybridized carbons (Fsp3) is 0.727. The number of cyclic esters (lactones) is 1. The van der Waals surface area contributed by atoms with Crippen molar-refractivity contribution in [2.24, 2.45) is 10.8 Å². The van der Waals surface area contributed by atoms with Gasteiger partial charge >= 0.3 is 6.09 Å². The number of piperidine rings is 1. The van der Waals surface area contributed by atoms with Crippen LogP contribution in [-0.4, -0.2) is 74.6 Å². The summed E-state index contributed by atoms with van der Waals surface area (Å²) >= 11 is 0. The van der Waals surface area contributed by atoms with Crippen LogP contribution >= 0.6 is 0 Å². The Kier molecular flexibility index (Phi) is 6.04. The lowest BCUT2D eigenvalue weighted by Gasteiger charge is -2.40. The molecule has 3 saturated heterocycles. The Morgan fingerprint density at radius 2 is 1.81 bits per heavy atom. The molecule has 8 nitrogen and oxygen atoms in total. The van der Waals surface area contributed by atoms with Gasteiger partial charge in [0.25, 0.3) is 0 Å². The zero-order chi connectivity index (χ0) is 22.3. The van der Waals surface area contributed by atoms with E-state index in [1.165, 1.54) is 17.5 Å². The number of hydrogen-bond acceptors (Lipinski definition) is 6. The van der Waals surface area contributed by atoms with Crippen LogP contribution in [0.3, 0.4) is 0 Å². The molecule has 4 heterocycles. The predicted molar refractivity (Wildman–Crippen MR) is 118 cm³/mol. The smallest absolute Gasteiger partial charge is 0.415 e. The highest BCUT2D eigenvalue weighted by molar-refractivity contribution is 7.89. The molecule has 0 unspecified atom stereocenters. The summed E-state index contributed by atoms with van der Waals surface area (Å²) in [6, 6.07) is 3.13. The molecule has 1 aromatic rings. The minimum absolute atomic E-state index is 0.0952. The second-order valence-corrected chi connectivity index (χ2v) is 12.3. The number of carbonyl (C=O) groups is 1. The van der Waals surface area contributed by atoms with E-state index in [-0.39, 0.29) is 10.3 Å². The van der Waals surface area contributed by atoms with E-state index in [1.807, 2.05) is 0 Å². The number of amides is 1. The van der Waals surface area contributed by atoms with Gasteiger partial charge in [0, 0.05) is 19.3 Å². The van der Waals surface area contributed by atoms with Crippen LogP contribution in [0.1, 0.15) is 46.5 Å². The second-order valence-electron chi connectivity index (χ2n) is 10.4. The van der Waals surface area contributed by atoms with Crippen LogP contribution in [0.25, 0.3) is 0 Å². The number of aromatic nitrogens is 1. The van der Waals surface area contributed by atoms with E-state index < -0.39 is 16.1 Å². The SMILES string of the molecule is CC(C)(C)CCN1CCC2(CC1)CCN(S(=O)(=O)c1ccc(N3CCOC3=O)nc1)C2. The normalized spacial score (nSPS) is 22.9. The molecular weight excluding hydrogens is 416 g/mol. The molecule has 3 aliphatic heterocycles. The highest BCUT2D eigenvalue weighted by atomic mass is 32.2. The quantitative estimate of drug-likeness (QED) is 0.686. The number of ether oxygens (including phenoxy) is 1. The van der Waals surface area contributed by atoms with Gasteiger partial charge in [-0.3, -0.25) is 4.90 Å². The van der Waals surface area contributed by atoms with E-state index in [4.69, 9.17) is 4.74 Å². The van der Waals surface area contributed by atoms with Crippen molar-refractivity contribution >= 4 is 21.9 Å². The fourth-order valence-corrected chi connectivity index (χ4v) is 6.19. The Labute approximate surface area is 185 Å². The van der Waals surface area contributed by atoms with Crippen molar-refractivity contribution in [3.63, 3.8) is 0 Å². The molecule has 4 rings (SSSR count). The van der Waals surface area contributed by atoms with Gasteiger partial charge in [-0.05, 0) is 68.3 Å². The predicted octanol–water partition coefficient (Wildman–Crippen LogP) is 2.95. The first kappa shape index (κ1) is 22.5.